The van der Waals surface area contributed by atoms with Gasteiger partial charge in [0.1, 0.15) is 0 Å². The zero-order valence-corrected chi connectivity index (χ0v) is 11.0. The largest absolute Gasteiger partial charge is 0.478 e. The minimum atomic E-state index is -0.954. The van der Waals surface area contributed by atoms with Crippen molar-refractivity contribution in [3.8, 4) is 0 Å². The van der Waals surface area contributed by atoms with Gasteiger partial charge in [0, 0.05) is 6.54 Å². The second kappa shape index (κ2) is 4.71. The highest BCUT2D eigenvalue weighted by molar-refractivity contribution is 5.88. The van der Waals surface area contributed by atoms with Gasteiger partial charge in [0.15, 0.2) is 0 Å². The van der Waals surface area contributed by atoms with Gasteiger partial charge >= 0.3 is 11.9 Å². The smallest absolute Gasteiger partial charge is 0.335 e. The van der Waals surface area contributed by atoms with E-state index < -0.39 is 11.9 Å². The molecular formula is C16H13NO4. The summed E-state index contributed by atoms with van der Waals surface area (Å²) in [6.07, 6.45) is 0. The third kappa shape index (κ3) is 2.28. The maximum absolute atomic E-state index is 10.9. The summed E-state index contributed by atoms with van der Waals surface area (Å²) in [5.74, 6) is -1.91. The Morgan fingerprint density at radius 3 is 1.38 bits per heavy atom. The molecule has 1 aliphatic rings. The molecule has 0 radical (unpaired) electrons. The highest BCUT2D eigenvalue weighted by Gasteiger charge is 2.45. The van der Waals surface area contributed by atoms with Gasteiger partial charge in [-0.15, -0.1) is 0 Å². The summed E-state index contributed by atoms with van der Waals surface area (Å²) in [4.78, 5) is 21.8. The molecule has 2 aromatic rings. The van der Waals surface area contributed by atoms with E-state index in [0.29, 0.717) is 0 Å². The monoisotopic (exact) mass is 283 g/mol. The van der Waals surface area contributed by atoms with Crippen LogP contribution in [0, 0.1) is 0 Å². The van der Waals surface area contributed by atoms with Crippen molar-refractivity contribution in [3.63, 3.8) is 0 Å². The van der Waals surface area contributed by atoms with Gasteiger partial charge in [-0.1, -0.05) is 24.3 Å². The fourth-order valence-corrected chi connectivity index (χ4v) is 2.46. The number of hydrogen-bond donors (Lipinski definition) is 3. The van der Waals surface area contributed by atoms with E-state index in [2.05, 4.69) is 5.32 Å². The number of aromatic carboxylic acids is 2. The average Bonchev–Trinajstić information content (AvgIpc) is 3.29. The molecule has 5 heteroatoms. The van der Waals surface area contributed by atoms with Gasteiger partial charge in [0.05, 0.1) is 16.7 Å². The first-order valence-corrected chi connectivity index (χ1v) is 6.46. The summed E-state index contributed by atoms with van der Waals surface area (Å²) in [5, 5.41) is 21.1. The summed E-state index contributed by atoms with van der Waals surface area (Å²) < 4.78 is 0. The van der Waals surface area contributed by atoms with Crippen LogP contribution in [0.5, 0.6) is 0 Å². The maximum atomic E-state index is 10.9. The molecule has 1 fully saturated rings. The van der Waals surface area contributed by atoms with Gasteiger partial charge in [0.2, 0.25) is 0 Å². The molecule has 1 heterocycles. The third-order valence-corrected chi connectivity index (χ3v) is 3.78. The van der Waals surface area contributed by atoms with E-state index in [9.17, 15) is 9.59 Å². The van der Waals surface area contributed by atoms with Gasteiger partial charge < -0.3 is 15.5 Å². The lowest BCUT2D eigenvalue weighted by Gasteiger charge is -2.15. The average molecular weight is 283 g/mol. The lowest BCUT2D eigenvalue weighted by Crippen LogP contribution is -2.15. The summed E-state index contributed by atoms with van der Waals surface area (Å²) in [7, 11) is 0. The van der Waals surface area contributed by atoms with Crippen LogP contribution in [0.1, 0.15) is 31.8 Å². The first-order chi connectivity index (χ1) is 10.0. The number of hydrogen-bond acceptors (Lipinski definition) is 3. The van der Waals surface area contributed by atoms with Crippen LogP contribution in [0.15, 0.2) is 48.5 Å². The predicted octanol–water partition coefficient (Wildman–Crippen LogP) is 1.93. The van der Waals surface area contributed by atoms with E-state index >= 15 is 0 Å². The molecule has 1 aliphatic heterocycles. The number of carboxylic acids is 2. The van der Waals surface area contributed by atoms with Crippen molar-refractivity contribution in [2.75, 3.05) is 6.54 Å². The van der Waals surface area contributed by atoms with Gasteiger partial charge in [0.25, 0.3) is 0 Å². The molecule has 0 aliphatic carbocycles. The molecule has 5 nitrogen and oxygen atoms in total. The minimum Gasteiger partial charge on any atom is -0.478 e. The summed E-state index contributed by atoms with van der Waals surface area (Å²) in [6, 6.07) is 13.4. The molecule has 0 atom stereocenters. The molecule has 0 spiro atoms. The fourth-order valence-electron chi connectivity index (χ4n) is 2.46. The topological polar surface area (TPSA) is 96.5 Å². The molecule has 1 saturated heterocycles. The molecule has 0 bridgehead atoms. The zero-order valence-electron chi connectivity index (χ0n) is 11.0. The van der Waals surface area contributed by atoms with E-state index in [-0.39, 0.29) is 16.7 Å². The SMILES string of the molecule is O=C(O)c1ccc(C2(c3ccc(C(=O)O)cc3)CN2)cc1. The number of rotatable bonds is 4. The van der Waals surface area contributed by atoms with Crippen LogP contribution in [0.4, 0.5) is 0 Å². The van der Waals surface area contributed by atoms with Crippen molar-refractivity contribution in [1.82, 2.24) is 5.32 Å². The number of carbonyl (C=O) groups is 2. The molecular weight excluding hydrogens is 270 g/mol. The van der Waals surface area contributed by atoms with Crippen LogP contribution in [0.2, 0.25) is 0 Å². The molecule has 21 heavy (non-hydrogen) atoms. The summed E-state index contributed by atoms with van der Waals surface area (Å²) in [5.41, 5.74) is 2.09. The van der Waals surface area contributed by atoms with Crippen LogP contribution in [0.3, 0.4) is 0 Å². The van der Waals surface area contributed by atoms with E-state index in [1.165, 1.54) is 0 Å². The van der Waals surface area contributed by atoms with Gasteiger partial charge in [-0.25, -0.2) is 9.59 Å². The first-order valence-electron chi connectivity index (χ1n) is 6.46. The number of nitrogens with one attached hydrogen (secondary N) is 1. The Bertz CT molecular complexity index is 641. The van der Waals surface area contributed by atoms with Crippen molar-refractivity contribution < 1.29 is 19.8 Å². The lowest BCUT2D eigenvalue weighted by atomic mass is 9.90. The summed E-state index contributed by atoms with van der Waals surface area (Å²) in [6.45, 7) is 0.742. The molecule has 0 amide bonds. The van der Waals surface area contributed by atoms with Crippen molar-refractivity contribution >= 4 is 11.9 Å². The highest BCUT2D eigenvalue weighted by Crippen LogP contribution is 2.38. The first kappa shape index (κ1) is 13.3. The fraction of sp³-hybridized carbons (Fsp3) is 0.125. The Morgan fingerprint density at radius 2 is 1.14 bits per heavy atom. The maximum Gasteiger partial charge on any atom is 0.335 e. The Morgan fingerprint density at radius 1 is 0.810 bits per heavy atom. The van der Waals surface area contributed by atoms with E-state index in [0.717, 1.165) is 17.7 Å². The van der Waals surface area contributed by atoms with Crippen molar-refractivity contribution in [1.29, 1.82) is 0 Å². The van der Waals surface area contributed by atoms with E-state index in [1.807, 2.05) is 0 Å². The molecule has 0 saturated carbocycles. The Labute approximate surface area is 120 Å². The molecule has 2 aromatic carbocycles. The van der Waals surface area contributed by atoms with E-state index in [1.54, 1.807) is 48.5 Å². The van der Waals surface area contributed by atoms with Gasteiger partial charge in [-0.3, -0.25) is 0 Å². The van der Waals surface area contributed by atoms with Gasteiger partial charge in [-0.05, 0) is 35.4 Å². The minimum absolute atomic E-state index is 0.246. The van der Waals surface area contributed by atoms with Crippen LogP contribution in [-0.4, -0.2) is 28.7 Å². The molecule has 106 valence electrons. The lowest BCUT2D eigenvalue weighted by molar-refractivity contribution is 0.0686. The molecule has 0 unspecified atom stereocenters. The van der Waals surface area contributed by atoms with Crippen LogP contribution in [0.25, 0.3) is 0 Å². The van der Waals surface area contributed by atoms with Crippen molar-refractivity contribution in [3.05, 3.63) is 70.8 Å². The number of carboxylic acid groups (broad SMARTS) is 2. The van der Waals surface area contributed by atoms with Crippen LogP contribution < -0.4 is 5.32 Å². The Kier molecular flexibility index (Phi) is 2.99. The second-order valence-corrected chi connectivity index (χ2v) is 5.02. The second-order valence-electron chi connectivity index (χ2n) is 5.02. The zero-order chi connectivity index (χ0) is 15.0. The number of benzene rings is 2. The standard InChI is InChI=1S/C16H13NO4/c18-14(19)10-1-5-12(6-2-10)16(9-17-16)13-7-3-11(4-8-13)15(20)21/h1-8,17H,9H2,(H,18,19)(H,20,21). The highest BCUT2D eigenvalue weighted by atomic mass is 16.4. The predicted molar refractivity (Wildman–Crippen MR) is 75.6 cm³/mol. The Balaban J connectivity index is 1.93. The van der Waals surface area contributed by atoms with Crippen LogP contribution >= 0.6 is 0 Å². The third-order valence-electron chi connectivity index (χ3n) is 3.78. The normalized spacial score (nSPS) is 15.4. The molecule has 3 rings (SSSR count). The molecule has 3 N–H and O–H groups in total. The quantitative estimate of drug-likeness (QED) is 0.745. The van der Waals surface area contributed by atoms with Crippen molar-refractivity contribution in [2.24, 2.45) is 0 Å². The van der Waals surface area contributed by atoms with E-state index in [4.69, 9.17) is 10.2 Å². The van der Waals surface area contributed by atoms with Crippen molar-refractivity contribution in [2.45, 2.75) is 5.54 Å². The molecule has 0 aromatic heterocycles. The summed E-state index contributed by atoms with van der Waals surface area (Å²) >= 11 is 0. The Hall–Kier alpha value is -2.66. The van der Waals surface area contributed by atoms with Crippen LogP contribution in [-0.2, 0) is 5.54 Å². The van der Waals surface area contributed by atoms with Gasteiger partial charge in [-0.2, -0.15) is 0 Å².